The molecule has 2 rings (SSSR count). The van der Waals surface area contributed by atoms with Crippen LogP contribution in [0.4, 0.5) is 0 Å². The molecule has 0 bridgehead atoms. The average Bonchev–Trinajstić information content (AvgIpc) is 2.30. The Hall–Kier alpha value is -1.74. The molecule has 0 amide bonds. The van der Waals surface area contributed by atoms with Gasteiger partial charge in [0.2, 0.25) is 0 Å². The quantitative estimate of drug-likeness (QED) is 0.848. The van der Waals surface area contributed by atoms with Crippen molar-refractivity contribution in [3.8, 4) is 0 Å². The molecule has 0 radical (unpaired) electrons. The SMILES string of the molecule is Cc1cccc(CC(N)c2cncnc2)c1. The van der Waals surface area contributed by atoms with Crippen LogP contribution in [-0.2, 0) is 6.42 Å². The molecular weight excluding hydrogens is 198 g/mol. The third-order valence-corrected chi connectivity index (χ3v) is 2.55. The molecule has 1 aromatic carbocycles. The Balaban J connectivity index is 2.11. The summed E-state index contributed by atoms with van der Waals surface area (Å²) in [4.78, 5) is 7.95. The summed E-state index contributed by atoms with van der Waals surface area (Å²) in [5.74, 6) is 0. The monoisotopic (exact) mass is 213 g/mol. The predicted molar refractivity (Wildman–Crippen MR) is 63.8 cm³/mol. The first kappa shape index (κ1) is 10.8. The van der Waals surface area contributed by atoms with E-state index in [1.165, 1.54) is 17.5 Å². The zero-order chi connectivity index (χ0) is 11.4. The molecule has 1 unspecified atom stereocenters. The molecule has 0 saturated heterocycles. The van der Waals surface area contributed by atoms with Crippen LogP contribution < -0.4 is 5.73 Å². The lowest BCUT2D eigenvalue weighted by Crippen LogP contribution is -2.13. The third kappa shape index (κ3) is 2.64. The van der Waals surface area contributed by atoms with Crippen molar-refractivity contribution < 1.29 is 0 Å². The van der Waals surface area contributed by atoms with Gasteiger partial charge in [-0.3, -0.25) is 0 Å². The highest BCUT2D eigenvalue weighted by Crippen LogP contribution is 2.14. The molecule has 16 heavy (non-hydrogen) atoms. The van der Waals surface area contributed by atoms with Gasteiger partial charge < -0.3 is 5.73 Å². The summed E-state index contributed by atoms with van der Waals surface area (Å²) >= 11 is 0. The van der Waals surface area contributed by atoms with Crippen molar-refractivity contribution in [2.45, 2.75) is 19.4 Å². The summed E-state index contributed by atoms with van der Waals surface area (Å²) in [5.41, 5.74) is 9.58. The second kappa shape index (κ2) is 4.86. The molecule has 1 aromatic heterocycles. The highest BCUT2D eigenvalue weighted by atomic mass is 14.8. The van der Waals surface area contributed by atoms with E-state index in [1.807, 2.05) is 0 Å². The van der Waals surface area contributed by atoms with E-state index < -0.39 is 0 Å². The molecule has 0 spiro atoms. The molecule has 0 aliphatic carbocycles. The minimum absolute atomic E-state index is 0.0389. The fourth-order valence-corrected chi connectivity index (χ4v) is 1.71. The van der Waals surface area contributed by atoms with Crippen molar-refractivity contribution in [1.82, 2.24) is 9.97 Å². The summed E-state index contributed by atoms with van der Waals surface area (Å²) in [6.07, 6.45) is 5.87. The zero-order valence-corrected chi connectivity index (χ0v) is 9.30. The van der Waals surface area contributed by atoms with Gasteiger partial charge >= 0.3 is 0 Å². The maximum absolute atomic E-state index is 6.10. The first-order valence-electron chi connectivity index (χ1n) is 5.32. The van der Waals surface area contributed by atoms with Gasteiger partial charge in [0.25, 0.3) is 0 Å². The molecule has 0 aliphatic heterocycles. The Morgan fingerprint density at radius 1 is 1.25 bits per heavy atom. The fraction of sp³-hybridized carbons (Fsp3) is 0.231. The second-order valence-corrected chi connectivity index (χ2v) is 3.97. The van der Waals surface area contributed by atoms with Crippen LogP contribution in [0.15, 0.2) is 43.0 Å². The van der Waals surface area contributed by atoms with E-state index in [9.17, 15) is 0 Å². The summed E-state index contributed by atoms with van der Waals surface area (Å²) < 4.78 is 0. The van der Waals surface area contributed by atoms with E-state index in [1.54, 1.807) is 12.4 Å². The van der Waals surface area contributed by atoms with Gasteiger partial charge in [0.1, 0.15) is 6.33 Å². The Bertz CT molecular complexity index is 454. The minimum Gasteiger partial charge on any atom is -0.324 e. The van der Waals surface area contributed by atoms with E-state index in [0.717, 1.165) is 12.0 Å². The number of aryl methyl sites for hydroxylation is 1. The van der Waals surface area contributed by atoms with Crippen molar-refractivity contribution in [3.05, 3.63) is 59.7 Å². The number of hydrogen-bond acceptors (Lipinski definition) is 3. The highest BCUT2D eigenvalue weighted by Gasteiger charge is 2.07. The van der Waals surface area contributed by atoms with Crippen molar-refractivity contribution >= 4 is 0 Å². The topological polar surface area (TPSA) is 51.8 Å². The molecule has 0 fully saturated rings. The minimum atomic E-state index is -0.0389. The normalized spacial score (nSPS) is 12.4. The molecule has 2 N–H and O–H groups in total. The van der Waals surface area contributed by atoms with Crippen LogP contribution in [0, 0.1) is 6.92 Å². The van der Waals surface area contributed by atoms with Crippen LogP contribution in [0.3, 0.4) is 0 Å². The van der Waals surface area contributed by atoms with Gasteiger partial charge in [-0.1, -0.05) is 29.8 Å². The molecule has 2 aromatic rings. The maximum Gasteiger partial charge on any atom is 0.115 e. The Kier molecular flexibility index (Phi) is 3.27. The number of aromatic nitrogens is 2. The van der Waals surface area contributed by atoms with Crippen LogP contribution in [-0.4, -0.2) is 9.97 Å². The van der Waals surface area contributed by atoms with Crippen molar-refractivity contribution in [2.24, 2.45) is 5.73 Å². The lowest BCUT2D eigenvalue weighted by atomic mass is 10.0. The van der Waals surface area contributed by atoms with Crippen LogP contribution in [0.1, 0.15) is 22.7 Å². The van der Waals surface area contributed by atoms with E-state index in [0.29, 0.717) is 0 Å². The van der Waals surface area contributed by atoms with Crippen LogP contribution >= 0.6 is 0 Å². The van der Waals surface area contributed by atoms with Gasteiger partial charge in [-0.05, 0) is 18.9 Å². The Morgan fingerprint density at radius 3 is 2.69 bits per heavy atom. The second-order valence-electron chi connectivity index (χ2n) is 3.97. The van der Waals surface area contributed by atoms with Gasteiger partial charge in [0.05, 0.1) is 0 Å². The number of nitrogens with zero attached hydrogens (tertiary/aromatic N) is 2. The van der Waals surface area contributed by atoms with Gasteiger partial charge in [-0.25, -0.2) is 9.97 Å². The van der Waals surface area contributed by atoms with Crippen LogP contribution in [0.2, 0.25) is 0 Å². The summed E-state index contributed by atoms with van der Waals surface area (Å²) in [6.45, 7) is 2.08. The lowest BCUT2D eigenvalue weighted by molar-refractivity contribution is 0.712. The Morgan fingerprint density at radius 2 is 2.00 bits per heavy atom. The predicted octanol–water partition coefficient (Wildman–Crippen LogP) is 2.03. The smallest absolute Gasteiger partial charge is 0.115 e. The largest absolute Gasteiger partial charge is 0.324 e. The third-order valence-electron chi connectivity index (χ3n) is 2.55. The summed E-state index contributed by atoms with van der Waals surface area (Å²) in [6, 6.07) is 8.35. The molecule has 0 saturated carbocycles. The van der Waals surface area contributed by atoms with Gasteiger partial charge in [-0.2, -0.15) is 0 Å². The number of rotatable bonds is 3. The van der Waals surface area contributed by atoms with E-state index in [4.69, 9.17) is 5.73 Å². The van der Waals surface area contributed by atoms with Crippen LogP contribution in [0.5, 0.6) is 0 Å². The lowest BCUT2D eigenvalue weighted by Gasteiger charge is -2.11. The van der Waals surface area contributed by atoms with Crippen molar-refractivity contribution in [1.29, 1.82) is 0 Å². The first-order chi connectivity index (χ1) is 7.75. The molecular formula is C13H15N3. The molecule has 1 atom stereocenters. The summed E-state index contributed by atoms with van der Waals surface area (Å²) in [5, 5.41) is 0. The van der Waals surface area contributed by atoms with E-state index >= 15 is 0 Å². The Labute approximate surface area is 95.4 Å². The molecule has 1 heterocycles. The fourth-order valence-electron chi connectivity index (χ4n) is 1.71. The highest BCUT2D eigenvalue weighted by molar-refractivity contribution is 5.24. The molecule has 3 nitrogen and oxygen atoms in total. The zero-order valence-electron chi connectivity index (χ0n) is 9.30. The van der Waals surface area contributed by atoms with Gasteiger partial charge in [0.15, 0.2) is 0 Å². The number of nitrogens with two attached hydrogens (primary N) is 1. The first-order valence-corrected chi connectivity index (χ1v) is 5.32. The van der Waals surface area contributed by atoms with Crippen molar-refractivity contribution in [3.63, 3.8) is 0 Å². The molecule has 82 valence electrons. The molecule has 3 heteroatoms. The van der Waals surface area contributed by atoms with E-state index in [-0.39, 0.29) is 6.04 Å². The number of benzene rings is 1. The van der Waals surface area contributed by atoms with Gasteiger partial charge in [0, 0.05) is 24.0 Å². The van der Waals surface area contributed by atoms with Gasteiger partial charge in [-0.15, -0.1) is 0 Å². The molecule has 0 aliphatic rings. The average molecular weight is 213 g/mol. The van der Waals surface area contributed by atoms with E-state index in [2.05, 4.69) is 41.2 Å². The maximum atomic E-state index is 6.10. The summed E-state index contributed by atoms with van der Waals surface area (Å²) in [7, 11) is 0. The van der Waals surface area contributed by atoms with Crippen LogP contribution in [0.25, 0.3) is 0 Å². The standard InChI is InChI=1S/C13H15N3/c1-10-3-2-4-11(5-10)6-13(14)12-7-15-9-16-8-12/h2-5,7-9,13H,6,14H2,1H3. The van der Waals surface area contributed by atoms with Crippen molar-refractivity contribution in [2.75, 3.05) is 0 Å². The number of hydrogen-bond donors (Lipinski definition) is 1.